The Morgan fingerprint density at radius 2 is 2.11 bits per heavy atom. The summed E-state index contributed by atoms with van der Waals surface area (Å²) in [5.41, 5.74) is 5.72. The van der Waals surface area contributed by atoms with Gasteiger partial charge in [0.1, 0.15) is 0 Å². The maximum absolute atomic E-state index is 9.50. The maximum Gasteiger partial charge on any atom is 0.0994 e. The summed E-state index contributed by atoms with van der Waals surface area (Å²) >= 11 is 0. The molecular weight excluding hydrogens is 344 g/mol. The Bertz CT molecular complexity index is 839. The molecule has 0 amide bonds. The lowest BCUT2D eigenvalue weighted by Gasteiger charge is -2.52. The highest BCUT2D eigenvalue weighted by atomic mass is 15.2. The summed E-state index contributed by atoms with van der Waals surface area (Å²) in [6, 6.07) is 7.10. The van der Waals surface area contributed by atoms with E-state index in [0.29, 0.717) is 6.04 Å². The van der Waals surface area contributed by atoms with Crippen molar-refractivity contribution in [1.29, 1.82) is 5.26 Å². The molecule has 148 valence electrons. The van der Waals surface area contributed by atoms with Crippen molar-refractivity contribution in [3.8, 4) is 6.07 Å². The van der Waals surface area contributed by atoms with Gasteiger partial charge in [0, 0.05) is 17.9 Å². The number of anilines is 1. The SMILES string of the molecule is CCc1c(N(Cc2cnc[nH]2)C(CC)C2CCC3CC2C3)ccc(C#N)c1C. The first-order chi connectivity index (χ1) is 13.7. The van der Waals surface area contributed by atoms with Crippen LogP contribution in [0, 0.1) is 36.0 Å². The second kappa shape index (κ2) is 7.99. The van der Waals surface area contributed by atoms with Gasteiger partial charge in [-0.25, -0.2) is 4.98 Å². The molecule has 2 unspecified atom stereocenters. The molecule has 2 atom stereocenters. The van der Waals surface area contributed by atoms with Crippen LogP contribution in [-0.4, -0.2) is 16.0 Å². The molecule has 3 saturated carbocycles. The Labute approximate surface area is 169 Å². The number of rotatable bonds is 7. The first-order valence-corrected chi connectivity index (χ1v) is 10.9. The highest BCUT2D eigenvalue weighted by Gasteiger charge is 2.44. The summed E-state index contributed by atoms with van der Waals surface area (Å²) < 4.78 is 0. The highest BCUT2D eigenvalue weighted by Crippen LogP contribution is 2.51. The number of nitrogens with zero attached hydrogens (tertiary/aromatic N) is 3. The fourth-order valence-electron chi connectivity index (χ4n) is 5.81. The lowest BCUT2D eigenvalue weighted by Crippen LogP contribution is -2.49. The lowest BCUT2D eigenvalue weighted by atomic mass is 9.58. The smallest absolute Gasteiger partial charge is 0.0994 e. The minimum Gasteiger partial charge on any atom is -0.362 e. The normalized spacial score (nSPS) is 24.3. The monoisotopic (exact) mass is 376 g/mol. The molecule has 4 heteroatoms. The minimum absolute atomic E-state index is 0.534. The average molecular weight is 377 g/mol. The predicted molar refractivity (Wildman–Crippen MR) is 113 cm³/mol. The highest BCUT2D eigenvalue weighted by molar-refractivity contribution is 5.61. The Morgan fingerprint density at radius 1 is 1.29 bits per heavy atom. The van der Waals surface area contributed by atoms with E-state index in [1.54, 1.807) is 6.33 Å². The number of hydrogen-bond acceptors (Lipinski definition) is 3. The fourth-order valence-corrected chi connectivity index (χ4v) is 5.81. The molecule has 28 heavy (non-hydrogen) atoms. The molecule has 0 aliphatic heterocycles. The van der Waals surface area contributed by atoms with Crippen LogP contribution in [0.25, 0.3) is 0 Å². The van der Waals surface area contributed by atoms with Crippen LogP contribution in [-0.2, 0) is 13.0 Å². The van der Waals surface area contributed by atoms with Gasteiger partial charge in [0.2, 0.25) is 0 Å². The summed E-state index contributed by atoms with van der Waals surface area (Å²) in [4.78, 5) is 10.2. The van der Waals surface area contributed by atoms with Gasteiger partial charge in [0.25, 0.3) is 0 Å². The van der Waals surface area contributed by atoms with Crippen molar-refractivity contribution in [1.82, 2.24) is 9.97 Å². The number of fused-ring (bicyclic) bond motifs is 2. The molecule has 1 heterocycles. The summed E-state index contributed by atoms with van der Waals surface area (Å²) in [6.45, 7) is 7.51. The summed E-state index contributed by atoms with van der Waals surface area (Å²) in [7, 11) is 0. The van der Waals surface area contributed by atoms with Crippen LogP contribution in [0.4, 0.5) is 5.69 Å². The van der Waals surface area contributed by atoms with E-state index in [1.165, 1.54) is 36.9 Å². The minimum atomic E-state index is 0.534. The Balaban J connectivity index is 1.75. The van der Waals surface area contributed by atoms with Gasteiger partial charge in [-0.3, -0.25) is 0 Å². The van der Waals surface area contributed by atoms with Crippen LogP contribution in [0.5, 0.6) is 0 Å². The van der Waals surface area contributed by atoms with E-state index in [2.05, 4.69) is 47.8 Å². The Kier molecular flexibility index (Phi) is 5.44. The number of hydrogen-bond donors (Lipinski definition) is 1. The second-order valence-electron chi connectivity index (χ2n) is 8.72. The largest absolute Gasteiger partial charge is 0.362 e. The summed E-state index contributed by atoms with van der Waals surface area (Å²) in [5, 5.41) is 9.50. The van der Waals surface area contributed by atoms with Crippen molar-refractivity contribution >= 4 is 5.69 Å². The van der Waals surface area contributed by atoms with Gasteiger partial charge >= 0.3 is 0 Å². The molecule has 5 rings (SSSR count). The van der Waals surface area contributed by atoms with Gasteiger partial charge in [0.05, 0.1) is 30.2 Å². The van der Waals surface area contributed by atoms with Crippen molar-refractivity contribution in [2.24, 2.45) is 17.8 Å². The average Bonchev–Trinajstić information content (AvgIpc) is 3.20. The van der Waals surface area contributed by atoms with E-state index in [9.17, 15) is 5.26 Å². The summed E-state index contributed by atoms with van der Waals surface area (Å²) in [5.74, 6) is 2.68. The van der Waals surface area contributed by atoms with E-state index >= 15 is 0 Å². The maximum atomic E-state index is 9.50. The number of nitrogens with one attached hydrogen (secondary N) is 1. The van der Waals surface area contributed by atoms with Gasteiger partial charge in [-0.15, -0.1) is 0 Å². The number of aromatic nitrogens is 2. The van der Waals surface area contributed by atoms with Crippen LogP contribution in [0.1, 0.15) is 68.3 Å². The summed E-state index contributed by atoms with van der Waals surface area (Å²) in [6.07, 6.45) is 11.5. The zero-order valence-corrected chi connectivity index (χ0v) is 17.4. The second-order valence-corrected chi connectivity index (χ2v) is 8.72. The van der Waals surface area contributed by atoms with Gasteiger partial charge in [-0.1, -0.05) is 20.3 Å². The predicted octanol–water partition coefficient (Wildman–Crippen LogP) is 5.37. The molecule has 3 aliphatic carbocycles. The van der Waals surface area contributed by atoms with Crippen LogP contribution in [0.15, 0.2) is 24.7 Å². The Hall–Kier alpha value is -2.28. The van der Waals surface area contributed by atoms with E-state index in [4.69, 9.17) is 0 Å². The van der Waals surface area contributed by atoms with Crippen LogP contribution in [0.3, 0.4) is 0 Å². The first kappa shape index (κ1) is 19.1. The molecule has 0 radical (unpaired) electrons. The quantitative estimate of drug-likeness (QED) is 0.706. The van der Waals surface area contributed by atoms with Gasteiger partial charge in [-0.05, 0) is 80.0 Å². The molecule has 2 aromatic rings. The number of H-pyrrole nitrogens is 1. The van der Waals surface area contributed by atoms with Crippen molar-refractivity contribution < 1.29 is 0 Å². The number of imidazole rings is 1. The number of aromatic amines is 1. The van der Waals surface area contributed by atoms with Crippen molar-refractivity contribution in [3.05, 3.63) is 47.0 Å². The van der Waals surface area contributed by atoms with Crippen LogP contribution < -0.4 is 4.90 Å². The molecular formula is C24H32N4. The topological polar surface area (TPSA) is 55.7 Å². The van der Waals surface area contributed by atoms with E-state index in [1.807, 2.05) is 12.3 Å². The number of nitriles is 1. The van der Waals surface area contributed by atoms with Gasteiger partial charge < -0.3 is 9.88 Å². The molecule has 0 spiro atoms. The van der Waals surface area contributed by atoms with Crippen LogP contribution >= 0.6 is 0 Å². The van der Waals surface area contributed by atoms with E-state index < -0.39 is 0 Å². The third-order valence-electron chi connectivity index (χ3n) is 7.35. The third kappa shape index (κ3) is 3.32. The molecule has 3 fully saturated rings. The van der Waals surface area contributed by atoms with Crippen LogP contribution in [0.2, 0.25) is 0 Å². The number of benzene rings is 1. The van der Waals surface area contributed by atoms with Gasteiger partial charge in [-0.2, -0.15) is 5.26 Å². The molecule has 1 aromatic heterocycles. The standard InChI is InChI=1S/C24H32N4/c1-4-21-16(3)18(12-25)7-9-24(21)28(14-20-13-26-15-27-20)23(5-2)22-8-6-17-10-19(22)11-17/h7,9,13,15,17,19,22-23H,4-6,8,10-11,14H2,1-3H3,(H,26,27). The molecule has 3 aliphatic rings. The molecule has 1 aromatic carbocycles. The zero-order chi connectivity index (χ0) is 19.7. The molecule has 4 nitrogen and oxygen atoms in total. The van der Waals surface area contributed by atoms with E-state index in [-0.39, 0.29) is 0 Å². The molecule has 2 bridgehead atoms. The Morgan fingerprint density at radius 3 is 2.68 bits per heavy atom. The first-order valence-electron chi connectivity index (χ1n) is 10.9. The van der Waals surface area contributed by atoms with Gasteiger partial charge in [0.15, 0.2) is 0 Å². The molecule has 0 saturated heterocycles. The van der Waals surface area contributed by atoms with Crippen molar-refractivity contribution in [3.63, 3.8) is 0 Å². The zero-order valence-electron chi connectivity index (χ0n) is 17.4. The van der Waals surface area contributed by atoms with Crippen molar-refractivity contribution in [2.75, 3.05) is 4.90 Å². The lowest BCUT2D eigenvalue weighted by molar-refractivity contribution is 0.0328. The third-order valence-corrected chi connectivity index (χ3v) is 7.35. The van der Waals surface area contributed by atoms with Crippen molar-refractivity contribution in [2.45, 2.75) is 71.9 Å². The fraction of sp³-hybridized carbons (Fsp3) is 0.583. The molecule has 1 N–H and O–H groups in total. The van der Waals surface area contributed by atoms with E-state index in [0.717, 1.165) is 54.0 Å².